The molecule has 4 heteroatoms. The monoisotopic (exact) mass is 404 g/mol. The maximum absolute atomic E-state index is 12.2. The van der Waals surface area contributed by atoms with Crippen LogP contribution in [-0.2, 0) is 14.9 Å². The van der Waals surface area contributed by atoms with Crippen molar-refractivity contribution >= 4 is 21.9 Å². The highest BCUT2D eigenvalue weighted by molar-refractivity contribution is 9.08. The fourth-order valence-corrected chi connectivity index (χ4v) is 2.65. The van der Waals surface area contributed by atoms with Crippen LogP contribution in [0.15, 0.2) is 48.5 Å². The molecule has 0 amide bonds. The van der Waals surface area contributed by atoms with Gasteiger partial charge in [-0.2, -0.15) is 0 Å². The molecule has 0 heterocycles. The van der Waals surface area contributed by atoms with Crippen molar-refractivity contribution in [3.63, 3.8) is 0 Å². The summed E-state index contributed by atoms with van der Waals surface area (Å²) in [6, 6.07) is 16.1. The van der Waals surface area contributed by atoms with Crippen LogP contribution in [0.5, 0.6) is 5.75 Å². The van der Waals surface area contributed by atoms with Crippen LogP contribution in [0.2, 0.25) is 0 Å². The van der Waals surface area contributed by atoms with Gasteiger partial charge in [0.1, 0.15) is 5.75 Å². The Hall–Kier alpha value is -1.81. The molecule has 0 atom stereocenters. The van der Waals surface area contributed by atoms with E-state index in [-0.39, 0.29) is 5.97 Å². The Kier molecular flexibility index (Phi) is 6.65. The number of benzene rings is 2. The minimum Gasteiger partial charge on any atom is -0.476 e. The second-order valence-electron chi connectivity index (χ2n) is 6.96. The number of carbonyl (C=O) groups is 1. The minimum absolute atomic E-state index is 0.297. The molecule has 0 saturated heterocycles. The van der Waals surface area contributed by atoms with Crippen molar-refractivity contribution in [3.05, 3.63) is 54.1 Å². The molecule has 25 heavy (non-hydrogen) atoms. The molecule has 0 spiro atoms. The predicted octanol–water partition coefficient (Wildman–Crippen LogP) is 5.61. The first-order valence-electron chi connectivity index (χ1n) is 8.43. The number of halogens is 1. The highest BCUT2D eigenvalue weighted by Crippen LogP contribution is 2.27. The smallest absolute Gasteiger partial charge is 0.349 e. The van der Waals surface area contributed by atoms with Gasteiger partial charge in [0.15, 0.2) is 5.60 Å². The molecule has 2 rings (SSSR count). The van der Waals surface area contributed by atoms with E-state index in [1.807, 2.05) is 38.1 Å². The van der Waals surface area contributed by atoms with E-state index in [4.69, 9.17) is 9.47 Å². The topological polar surface area (TPSA) is 35.5 Å². The Morgan fingerprint density at radius 1 is 1.08 bits per heavy atom. The van der Waals surface area contributed by atoms with Crippen molar-refractivity contribution in [1.82, 2.24) is 0 Å². The maximum atomic E-state index is 12.2. The van der Waals surface area contributed by atoms with E-state index in [1.54, 1.807) is 13.8 Å². The molecule has 0 saturated carbocycles. The molecule has 0 aliphatic rings. The molecule has 0 aliphatic heterocycles. The summed E-state index contributed by atoms with van der Waals surface area (Å²) in [5.74, 6) is 0.590. The molecule has 0 aliphatic carbocycles. The van der Waals surface area contributed by atoms with Gasteiger partial charge in [0.25, 0.3) is 0 Å². The lowest BCUT2D eigenvalue weighted by Gasteiger charge is -2.25. The van der Waals surface area contributed by atoms with E-state index in [1.165, 1.54) is 5.56 Å². The van der Waals surface area contributed by atoms with Crippen molar-refractivity contribution in [1.29, 1.82) is 0 Å². The molecule has 2 aromatic rings. The Bertz CT molecular complexity index is 705. The molecular weight excluding hydrogens is 380 g/mol. The maximum Gasteiger partial charge on any atom is 0.349 e. The number of rotatable bonds is 7. The molecule has 0 aromatic heterocycles. The number of alkyl halides is 1. The van der Waals surface area contributed by atoms with E-state index in [0.29, 0.717) is 18.3 Å². The van der Waals surface area contributed by atoms with Gasteiger partial charge in [-0.25, -0.2) is 4.79 Å². The average Bonchev–Trinajstić information content (AvgIpc) is 2.59. The third-order valence-corrected chi connectivity index (χ3v) is 4.34. The SMILES string of the molecule is CC(C)COC(=O)C(C)(C)Oc1cccc(-c2ccc(CBr)cc2)c1. The quantitative estimate of drug-likeness (QED) is 0.444. The van der Waals surface area contributed by atoms with Crippen molar-refractivity contribution in [2.24, 2.45) is 5.92 Å². The lowest BCUT2D eigenvalue weighted by molar-refractivity contribution is -0.160. The lowest BCUT2D eigenvalue weighted by atomic mass is 10.0. The summed E-state index contributed by atoms with van der Waals surface area (Å²) in [5, 5.41) is 0.836. The number of hydrogen-bond acceptors (Lipinski definition) is 3. The summed E-state index contributed by atoms with van der Waals surface area (Å²) in [6.07, 6.45) is 0. The third kappa shape index (κ3) is 5.60. The standard InChI is InChI=1S/C21H25BrO3/c1-15(2)14-24-20(23)21(3,4)25-19-7-5-6-18(12-19)17-10-8-16(13-22)9-11-17/h5-12,15H,13-14H2,1-4H3. The van der Waals surface area contributed by atoms with Crippen molar-refractivity contribution in [2.45, 2.75) is 38.6 Å². The van der Waals surface area contributed by atoms with Crippen LogP contribution in [-0.4, -0.2) is 18.2 Å². The molecule has 0 unspecified atom stereocenters. The highest BCUT2D eigenvalue weighted by Gasteiger charge is 2.32. The minimum atomic E-state index is -1.03. The summed E-state index contributed by atoms with van der Waals surface area (Å²) < 4.78 is 11.2. The van der Waals surface area contributed by atoms with Gasteiger partial charge in [-0.3, -0.25) is 0 Å². The zero-order valence-electron chi connectivity index (χ0n) is 15.2. The van der Waals surface area contributed by atoms with Crippen LogP contribution in [0.25, 0.3) is 11.1 Å². The molecule has 2 aromatic carbocycles. The number of ether oxygens (including phenoxy) is 2. The molecule has 3 nitrogen and oxygen atoms in total. The second-order valence-corrected chi connectivity index (χ2v) is 7.52. The van der Waals surface area contributed by atoms with Crippen LogP contribution in [0.3, 0.4) is 0 Å². The Labute approximate surface area is 158 Å². The number of hydrogen-bond donors (Lipinski definition) is 0. The van der Waals surface area contributed by atoms with Gasteiger partial charge in [-0.15, -0.1) is 0 Å². The lowest BCUT2D eigenvalue weighted by Crippen LogP contribution is -2.40. The summed E-state index contributed by atoms with van der Waals surface area (Å²) >= 11 is 3.45. The van der Waals surface area contributed by atoms with Crippen molar-refractivity contribution in [2.75, 3.05) is 6.61 Å². The van der Waals surface area contributed by atoms with Gasteiger partial charge in [0.2, 0.25) is 0 Å². The fourth-order valence-electron chi connectivity index (χ4n) is 2.28. The molecule has 0 radical (unpaired) electrons. The summed E-state index contributed by atoms with van der Waals surface area (Å²) in [5.41, 5.74) is 2.35. The normalized spacial score (nSPS) is 11.4. The first kappa shape index (κ1) is 19.5. The van der Waals surface area contributed by atoms with Crippen molar-refractivity contribution < 1.29 is 14.3 Å². The van der Waals surface area contributed by atoms with E-state index < -0.39 is 5.60 Å². The van der Waals surface area contributed by atoms with Crippen LogP contribution in [0, 0.1) is 5.92 Å². The Morgan fingerprint density at radius 2 is 1.76 bits per heavy atom. The number of esters is 1. The molecule has 134 valence electrons. The number of carbonyl (C=O) groups excluding carboxylic acids is 1. The van der Waals surface area contributed by atoms with Gasteiger partial charge >= 0.3 is 5.97 Å². The van der Waals surface area contributed by atoms with Crippen molar-refractivity contribution in [3.8, 4) is 16.9 Å². The summed E-state index contributed by atoms with van der Waals surface area (Å²) in [6.45, 7) is 7.86. The van der Waals surface area contributed by atoms with Gasteiger partial charge < -0.3 is 9.47 Å². The molecule has 0 N–H and O–H groups in total. The Balaban J connectivity index is 2.13. The van der Waals surface area contributed by atoms with Gasteiger partial charge in [-0.1, -0.05) is 66.2 Å². The van der Waals surface area contributed by atoms with E-state index in [9.17, 15) is 4.79 Å². The van der Waals surface area contributed by atoms with Crippen LogP contribution in [0.4, 0.5) is 0 Å². The second kappa shape index (κ2) is 8.52. The predicted molar refractivity (Wildman–Crippen MR) is 105 cm³/mol. The van der Waals surface area contributed by atoms with E-state index in [2.05, 4.69) is 40.2 Å². The zero-order chi connectivity index (χ0) is 18.4. The van der Waals surface area contributed by atoms with Gasteiger partial charge in [0.05, 0.1) is 6.61 Å². The third-order valence-electron chi connectivity index (χ3n) is 3.69. The van der Waals surface area contributed by atoms with E-state index >= 15 is 0 Å². The average molecular weight is 405 g/mol. The first-order valence-corrected chi connectivity index (χ1v) is 9.55. The molecular formula is C21H25BrO3. The first-order chi connectivity index (χ1) is 11.8. The van der Waals surface area contributed by atoms with Gasteiger partial charge in [0, 0.05) is 5.33 Å². The van der Waals surface area contributed by atoms with Gasteiger partial charge in [-0.05, 0) is 48.6 Å². The van der Waals surface area contributed by atoms with E-state index in [0.717, 1.165) is 16.5 Å². The van der Waals surface area contributed by atoms with Crippen LogP contribution < -0.4 is 4.74 Å². The summed E-state index contributed by atoms with van der Waals surface area (Å²) in [4.78, 5) is 12.2. The van der Waals surface area contributed by atoms with Crippen LogP contribution in [0.1, 0.15) is 33.3 Å². The van der Waals surface area contributed by atoms with Crippen LogP contribution >= 0.6 is 15.9 Å². The zero-order valence-corrected chi connectivity index (χ0v) is 16.8. The largest absolute Gasteiger partial charge is 0.476 e. The molecule has 0 bridgehead atoms. The summed E-state index contributed by atoms with van der Waals surface area (Å²) in [7, 11) is 0. The highest BCUT2D eigenvalue weighted by atomic mass is 79.9. The fraction of sp³-hybridized carbons (Fsp3) is 0.381. The Morgan fingerprint density at radius 3 is 2.36 bits per heavy atom. The molecule has 0 fully saturated rings.